The Balaban J connectivity index is 0.885. The van der Waals surface area contributed by atoms with Crippen molar-refractivity contribution in [2.75, 3.05) is 16.3 Å². The number of anilines is 4. The summed E-state index contributed by atoms with van der Waals surface area (Å²) in [6.07, 6.45) is 9.20. The van der Waals surface area contributed by atoms with Crippen LogP contribution in [0.15, 0.2) is 158 Å². The SMILES string of the molecule is CC1(C)c2cc(C=Cc3ccc(-c4ccc5cc(N6CCCc7ccccc76)ccc5c4)c4ccccc34)ccc2-c2ccc(N3c4ccccc4CCC3(C)C)cc21. The van der Waals surface area contributed by atoms with Gasteiger partial charge in [-0.15, -0.1) is 0 Å². The Hall–Kier alpha value is -6.38. The average molecular weight is 763 g/mol. The van der Waals surface area contributed by atoms with Crippen molar-refractivity contribution in [2.45, 2.75) is 64.3 Å². The van der Waals surface area contributed by atoms with E-state index in [1.165, 1.54) is 106 Å². The Labute approximate surface area is 349 Å². The molecular weight excluding hydrogens is 713 g/mol. The summed E-state index contributed by atoms with van der Waals surface area (Å²) in [5, 5.41) is 5.08. The van der Waals surface area contributed by atoms with Crippen molar-refractivity contribution in [1.82, 2.24) is 0 Å². The highest BCUT2D eigenvalue weighted by atomic mass is 15.2. The van der Waals surface area contributed by atoms with E-state index in [0.717, 1.165) is 25.8 Å². The lowest BCUT2D eigenvalue weighted by molar-refractivity contribution is 0.447. The molecule has 0 spiro atoms. The maximum atomic E-state index is 2.58. The summed E-state index contributed by atoms with van der Waals surface area (Å²) >= 11 is 0. The van der Waals surface area contributed by atoms with Gasteiger partial charge in [0.2, 0.25) is 0 Å². The molecule has 0 bridgehead atoms. The van der Waals surface area contributed by atoms with Gasteiger partial charge in [0, 0.05) is 40.2 Å². The van der Waals surface area contributed by atoms with Crippen molar-refractivity contribution < 1.29 is 0 Å². The number of hydrogen-bond acceptors (Lipinski definition) is 2. The number of fused-ring (bicyclic) bond motifs is 7. The smallest absolute Gasteiger partial charge is 0.0448 e. The normalized spacial score (nSPS) is 16.3. The zero-order chi connectivity index (χ0) is 39.9. The van der Waals surface area contributed by atoms with Crippen molar-refractivity contribution in [3.63, 3.8) is 0 Å². The lowest BCUT2D eigenvalue weighted by Gasteiger charge is -2.45. The molecule has 1 aliphatic carbocycles. The minimum absolute atomic E-state index is 0.0412. The second-order valence-electron chi connectivity index (χ2n) is 18.1. The summed E-state index contributed by atoms with van der Waals surface area (Å²) in [6, 6.07) is 59.5. The topological polar surface area (TPSA) is 6.48 Å². The van der Waals surface area contributed by atoms with Crippen LogP contribution in [0.5, 0.6) is 0 Å². The van der Waals surface area contributed by atoms with Gasteiger partial charge in [0.15, 0.2) is 0 Å². The van der Waals surface area contributed by atoms with Crippen LogP contribution in [0.3, 0.4) is 0 Å². The molecule has 59 heavy (non-hydrogen) atoms. The van der Waals surface area contributed by atoms with Gasteiger partial charge in [-0.25, -0.2) is 0 Å². The van der Waals surface area contributed by atoms with Gasteiger partial charge < -0.3 is 9.80 Å². The highest BCUT2D eigenvalue weighted by Crippen LogP contribution is 2.52. The molecule has 11 rings (SSSR count). The van der Waals surface area contributed by atoms with Crippen LogP contribution in [0.2, 0.25) is 0 Å². The van der Waals surface area contributed by atoms with E-state index in [0.29, 0.717) is 0 Å². The zero-order valence-corrected chi connectivity index (χ0v) is 34.6. The van der Waals surface area contributed by atoms with Gasteiger partial charge in [0.1, 0.15) is 0 Å². The van der Waals surface area contributed by atoms with Crippen molar-refractivity contribution in [3.8, 4) is 22.3 Å². The van der Waals surface area contributed by atoms with E-state index >= 15 is 0 Å². The van der Waals surface area contributed by atoms with Crippen LogP contribution in [0.1, 0.15) is 73.9 Å². The molecule has 0 unspecified atom stereocenters. The number of aryl methyl sites for hydroxylation is 2. The Kier molecular flexibility index (Phi) is 8.24. The summed E-state index contributed by atoms with van der Waals surface area (Å²) in [5.74, 6) is 0. The van der Waals surface area contributed by atoms with E-state index in [4.69, 9.17) is 0 Å². The number of para-hydroxylation sites is 2. The van der Waals surface area contributed by atoms with Crippen LogP contribution < -0.4 is 9.80 Å². The second-order valence-corrected chi connectivity index (χ2v) is 18.1. The first-order valence-electron chi connectivity index (χ1n) is 21.5. The molecule has 2 heteroatoms. The average Bonchev–Trinajstić information content (AvgIpc) is 3.49. The van der Waals surface area contributed by atoms with E-state index in [1.807, 2.05) is 0 Å². The number of nitrogens with zero attached hydrogens (tertiary/aromatic N) is 2. The van der Waals surface area contributed by atoms with Gasteiger partial charge >= 0.3 is 0 Å². The molecule has 0 radical (unpaired) electrons. The van der Waals surface area contributed by atoms with Gasteiger partial charge in [-0.05, 0) is 159 Å². The van der Waals surface area contributed by atoms with E-state index in [1.54, 1.807) is 0 Å². The Morgan fingerprint density at radius 1 is 0.508 bits per heavy atom. The van der Waals surface area contributed by atoms with Crippen molar-refractivity contribution in [3.05, 3.63) is 191 Å². The third kappa shape index (κ3) is 5.91. The third-order valence-electron chi connectivity index (χ3n) is 13.8. The molecule has 0 aromatic heterocycles. The molecule has 8 aromatic carbocycles. The molecule has 2 aliphatic heterocycles. The van der Waals surface area contributed by atoms with Crippen molar-refractivity contribution in [1.29, 1.82) is 0 Å². The molecule has 0 N–H and O–H groups in total. The molecule has 8 aromatic rings. The molecule has 0 saturated carbocycles. The maximum absolute atomic E-state index is 2.58. The molecule has 3 aliphatic rings. The fourth-order valence-corrected chi connectivity index (χ4v) is 10.6. The molecule has 0 fully saturated rings. The molecule has 0 amide bonds. The summed E-state index contributed by atoms with van der Waals surface area (Å²) in [6.45, 7) is 10.6. The predicted octanol–water partition coefficient (Wildman–Crippen LogP) is 15.1. The first-order chi connectivity index (χ1) is 28.7. The summed E-state index contributed by atoms with van der Waals surface area (Å²) in [4.78, 5) is 5.07. The standard InChI is InChI=1S/C57H50N2/c1-56(2)32-31-41-13-6-10-18-55(41)59(56)46-27-30-51-50-28-20-38(34-52(50)57(3,4)53(51)37-46)19-21-39-25-29-48(49-16-8-7-15-47(39)49)44-23-22-43-36-45(26-24-42(43)35-44)58-33-11-14-40-12-5-9-17-54(40)58/h5-10,12-13,15-30,34-37H,11,14,31-33H2,1-4H3. The highest BCUT2D eigenvalue weighted by Gasteiger charge is 2.38. The van der Waals surface area contributed by atoms with Gasteiger partial charge in [-0.1, -0.05) is 141 Å². The molecule has 2 heterocycles. The van der Waals surface area contributed by atoms with Crippen LogP contribution in [-0.2, 0) is 18.3 Å². The van der Waals surface area contributed by atoms with E-state index in [2.05, 4.69) is 207 Å². The van der Waals surface area contributed by atoms with Crippen LogP contribution >= 0.6 is 0 Å². The van der Waals surface area contributed by atoms with Gasteiger partial charge in [0.05, 0.1) is 0 Å². The van der Waals surface area contributed by atoms with E-state index in [9.17, 15) is 0 Å². The summed E-state index contributed by atoms with van der Waals surface area (Å²) in [5.41, 5.74) is 18.5. The Bertz CT molecular complexity index is 3000. The minimum Gasteiger partial charge on any atom is -0.341 e. The molecule has 0 atom stereocenters. The molecule has 288 valence electrons. The quantitative estimate of drug-likeness (QED) is 0.161. The van der Waals surface area contributed by atoms with Gasteiger partial charge in [-0.3, -0.25) is 0 Å². The maximum Gasteiger partial charge on any atom is 0.0448 e. The lowest BCUT2D eigenvalue weighted by Crippen LogP contribution is -2.44. The predicted molar refractivity (Wildman–Crippen MR) is 253 cm³/mol. The van der Waals surface area contributed by atoms with Gasteiger partial charge in [0.25, 0.3) is 0 Å². The molecule has 0 saturated heterocycles. The van der Waals surface area contributed by atoms with Crippen LogP contribution in [0, 0.1) is 0 Å². The first-order valence-corrected chi connectivity index (χ1v) is 21.5. The number of hydrogen-bond donors (Lipinski definition) is 0. The summed E-state index contributed by atoms with van der Waals surface area (Å²) < 4.78 is 0. The Morgan fingerprint density at radius 2 is 1.17 bits per heavy atom. The highest BCUT2D eigenvalue weighted by molar-refractivity contribution is 6.04. The zero-order valence-electron chi connectivity index (χ0n) is 34.6. The van der Waals surface area contributed by atoms with Crippen molar-refractivity contribution >= 4 is 56.4 Å². The largest absolute Gasteiger partial charge is 0.341 e. The second kappa shape index (κ2) is 13.6. The minimum atomic E-state index is -0.112. The van der Waals surface area contributed by atoms with Crippen molar-refractivity contribution in [2.24, 2.45) is 0 Å². The monoisotopic (exact) mass is 762 g/mol. The molecular formula is C57H50N2. The van der Waals surface area contributed by atoms with E-state index < -0.39 is 0 Å². The van der Waals surface area contributed by atoms with E-state index in [-0.39, 0.29) is 11.0 Å². The number of benzene rings is 8. The number of rotatable bonds is 5. The first kappa shape index (κ1) is 35.8. The molecule has 2 nitrogen and oxygen atoms in total. The summed E-state index contributed by atoms with van der Waals surface area (Å²) in [7, 11) is 0. The lowest BCUT2D eigenvalue weighted by atomic mass is 9.81. The van der Waals surface area contributed by atoms with Crippen LogP contribution in [0.4, 0.5) is 22.7 Å². The fourth-order valence-electron chi connectivity index (χ4n) is 10.6. The Morgan fingerprint density at radius 3 is 2.02 bits per heavy atom. The van der Waals surface area contributed by atoms with Gasteiger partial charge in [-0.2, -0.15) is 0 Å². The fraction of sp³-hybridized carbons (Fsp3) is 0.193. The third-order valence-corrected chi connectivity index (χ3v) is 13.8. The van der Waals surface area contributed by atoms with Crippen LogP contribution in [-0.4, -0.2) is 12.1 Å². The van der Waals surface area contributed by atoms with Crippen LogP contribution in [0.25, 0.3) is 56.0 Å².